The lowest BCUT2D eigenvalue weighted by Crippen LogP contribution is -2.09. The monoisotopic (exact) mass is 201 g/mol. The number of nitrogens with one attached hydrogen (secondary N) is 1. The molecule has 1 heterocycles. The first-order valence-electron chi connectivity index (χ1n) is 5.42. The Morgan fingerprint density at radius 1 is 1.27 bits per heavy atom. The van der Waals surface area contributed by atoms with Crippen LogP contribution in [-0.2, 0) is 6.42 Å². The summed E-state index contributed by atoms with van der Waals surface area (Å²) in [6, 6.07) is 9.78. The quantitative estimate of drug-likeness (QED) is 0.813. The van der Waals surface area contributed by atoms with E-state index in [2.05, 4.69) is 18.0 Å². The lowest BCUT2D eigenvalue weighted by atomic mass is 10.1. The number of rotatable bonds is 3. The molecule has 1 aromatic carbocycles. The van der Waals surface area contributed by atoms with Crippen molar-refractivity contribution in [2.24, 2.45) is 0 Å². The van der Waals surface area contributed by atoms with Crippen LogP contribution in [-0.4, -0.2) is 4.98 Å². The Morgan fingerprint density at radius 3 is 2.87 bits per heavy atom. The Kier molecular flexibility index (Phi) is 2.86. The maximum atomic E-state index is 11.7. The molecule has 2 heteroatoms. The van der Waals surface area contributed by atoms with E-state index in [4.69, 9.17) is 0 Å². The first-order valence-corrected chi connectivity index (χ1v) is 5.42. The molecule has 0 unspecified atom stereocenters. The summed E-state index contributed by atoms with van der Waals surface area (Å²) in [6.45, 7) is 2.15. The van der Waals surface area contributed by atoms with Gasteiger partial charge in [0.15, 0.2) is 0 Å². The Labute approximate surface area is 89.0 Å². The predicted octanol–water partition coefficient (Wildman–Crippen LogP) is 2.87. The van der Waals surface area contributed by atoms with Crippen LogP contribution >= 0.6 is 0 Å². The average Bonchev–Trinajstić information content (AvgIpc) is 2.26. The summed E-state index contributed by atoms with van der Waals surface area (Å²) in [5.74, 6) is 0. The van der Waals surface area contributed by atoms with Crippen LogP contribution in [0, 0.1) is 0 Å². The van der Waals surface area contributed by atoms with E-state index >= 15 is 0 Å². The molecule has 0 aliphatic heterocycles. The topological polar surface area (TPSA) is 32.9 Å². The number of aromatic amines is 1. The van der Waals surface area contributed by atoms with Crippen molar-refractivity contribution >= 4 is 10.8 Å². The molecule has 2 aromatic rings. The number of benzene rings is 1. The fourth-order valence-electron chi connectivity index (χ4n) is 1.77. The fourth-order valence-corrected chi connectivity index (χ4v) is 1.77. The van der Waals surface area contributed by atoms with Gasteiger partial charge >= 0.3 is 0 Å². The maximum Gasteiger partial charge on any atom is 0.256 e. The summed E-state index contributed by atoms with van der Waals surface area (Å²) < 4.78 is 0. The van der Waals surface area contributed by atoms with E-state index in [1.165, 1.54) is 0 Å². The summed E-state index contributed by atoms with van der Waals surface area (Å²) in [5.41, 5.74) is 1.07. The molecular weight excluding hydrogens is 186 g/mol. The summed E-state index contributed by atoms with van der Waals surface area (Å²) >= 11 is 0. The average molecular weight is 201 g/mol. The molecule has 0 amide bonds. The number of pyridine rings is 1. The zero-order chi connectivity index (χ0) is 10.7. The van der Waals surface area contributed by atoms with Crippen molar-refractivity contribution in [3.05, 3.63) is 46.4 Å². The van der Waals surface area contributed by atoms with Crippen LogP contribution in [0.2, 0.25) is 0 Å². The van der Waals surface area contributed by atoms with Crippen LogP contribution in [0.25, 0.3) is 10.8 Å². The number of aryl methyl sites for hydroxylation is 1. The minimum atomic E-state index is 0.0270. The van der Waals surface area contributed by atoms with Crippen LogP contribution in [0.1, 0.15) is 25.5 Å². The van der Waals surface area contributed by atoms with E-state index in [-0.39, 0.29) is 5.56 Å². The zero-order valence-electron chi connectivity index (χ0n) is 8.92. The summed E-state index contributed by atoms with van der Waals surface area (Å²) in [4.78, 5) is 14.6. The zero-order valence-corrected chi connectivity index (χ0v) is 8.92. The number of hydrogen-bond donors (Lipinski definition) is 1. The van der Waals surface area contributed by atoms with Gasteiger partial charge in [-0.05, 0) is 30.4 Å². The van der Waals surface area contributed by atoms with Crippen LogP contribution in [0.3, 0.4) is 0 Å². The molecule has 0 saturated heterocycles. The molecule has 2 nitrogen and oxygen atoms in total. The van der Waals surface area contributed by atoms with Gasteiger partial charge < -0.3 is 4.98 Å². The van der Waals surface area contributed by atoms with Crippen molar-refractivity contribution in [2.45, 2.75) is 26.2 Å². The second-order valence-electron chi connectivity index (χ2n) is 3.81. The summed E-state index contributed by atoms with van der Waals surface area (Å²) in [6.07, 6.45) is 3.22. The largest absolute Gasteiger partial charge is 0.326 e. The Morgan fingerprint density at radius 2 is 2.07 bits per heavy atom. The summed E-state index contributed by atoms with van der Waals surface area (Å²) in [7, 11) is 0. The number of fused-ring (bicyclic) bond motifs is 1. The van der Waals surface area contributed by atoms with Crippen LogP contribution in [0.4, 0.5) is 0 Å². The lowest BCUT2D eigenvalue weighted by Gasteiger charge is -2.02. The minimum absolute atomic E-state index is 0.0270. The summed E-state index contributed by atoms with van der Waals surface area (Å²) in [5, 5.41) is 1.81. The van der Waals surface area contributed by atoms with E-state index in [1.54, 1.807) is 0 Å². The van der Waals surface area contributed by atoms with E-state index < -0.39 is 0 Å². The van der Waals surface area contributed by atoms with Crippen LogP contribution < -0.4 is 5.56 Å². The van der Waals surface area contributed by atoms with Crippen molar-refractivity contribution in [1.82, 2.24) is 4.98 Å². The number of aromatic nitrogens is 1. The molecule has 1 N–H and O–H groups in total. The van der Waals surface area contributed by atoms with Crippen molar-refractivity contribution in [3.8, 4) is 0 Å². The van der Waals surface area contributed by atoms with Gasteiger partial charge in [0.2, 0.25) is 0 Å². The van der Waals surface area contributed by atoms with Crippen molar-refractivity contribution in [1.29, 1.82) is 0 Å². The SMILES string of the molecule is CCCCc1cc2ccccc2c(=O)[nH]1. The van der Waals surface area contributed by atoms with Gasteiger partial charge in [0.1, 0.15) is 0 Å². The van der Waals surface area contributed by atoms with Gasteiger partial charge in [-0.3, -0.25) is 4.79 Å². The van der Waals surface area contributed by atoms with E-state index in [9.17, 15) is 4.79 Å². The lowest BCUT2D eigenvalue weighted by molar-refractivity contribution is 0.776. The molecule has 0 bridgehead atoms. The van der Waals surface area contributed by atoms with Crippen molar-refractivity contribution < 1.29 is 0 Å². The highest BCUT2D eigenvalue weighted by Crippen LogP contribution is 2.11. The Hall–Kier alpha value is -1.57. The number of hydrogen-bond acceptors (Lipinski definition) is 1. The van der Waals surface area contributed by atoms with E-state index in [1.807, 2.05) is 24.3 Å². The second kappa shape index (κ2) is 4.30. The van der Waals surface area contributed by atoms with Gasteiger partial charge in [0.25, 0.3) is 5.56 Å². The third kappa shape index (κ3) is 2.09. The van der Waals surface area contributed by atoms with Crippen molar-refractivity contribution in [3.63, 3.8) is 0 Å². The highest BCUT2D eigenvalue weighted by Gasteiger charge is 2.00. The molecule has 2 rings (SSSR count). The minimum Gasteiger partial charge on any atom is -0.326 e. The van der Waals surface area contributed by atoms with Gasteiger partial charge in [-0.2, -0.15) is 0 Å². The van der Waals surface area contributed by atoms with Gasteiger partial charge in [-0.25, -0.2) is 0 Å². The van der Waals surface area contributed by atoms with Crippen LogP contribution in [0.15, 0.2) is 35.1 Å². The predicted molar refractivity (Wildman–Crippen MR) is 63.2 cm³/mol. The Bertz CT molecular complexity index is 513. The van der Waals surface area contributed by atoms with E-state index in [0.717, 1.165) is 35.7 Å². The van der Waals surface area contributed by atoms with E-state index in [0.29, 0.717) is 0 Å². The normalized spacial score (nSPS) is 10.7. The maximum absolute atomic E-state index is 11.7. The molecule has 0 radical (unpaired) electrons. The third-order valence-corrected chi connectivity index (χ3v) is 2.61. The molecule has 0 saturated carbocycles. The van der Waals surface area contributed by atoms with Crippen molar-refractivity contribution in [2.75, 3.05) is 0 Å². The van der Waals surface area contributed by atoms with Gasteiger partial charge in [-0.1, -0.05) is 31.5 Å². The molecule has 0 spiro atoms. The van der Waals surface area contributed by atoms with Gasteiger partial charge in [0, 0.05) is 11.1 Å². The highest BCUT2D eigenvalue weighted by molar-refractivity contribution is 5.81. The molecule has 0 atom stereocenters. The fraction of sp³-hybridized carbons (Fsp3) is 0.308. The van der Waals surface area contributed by atoms with Crippen LogP contribution in [0.5, 0.6) is 0 Å². The molecule has 78 valence electrons. The number of H-pyrrole nitrogens is 1. The Balaban J connectivity index is 2.48. The third-order valence-electron chi connectivity index (χ3n) is 2.61. The molecule has 0 fully saturated rings. The molecular formula is C13H15NO. The second-order valence-corrected chi connectivity index (χ2v) is 3.81. The standard InChI is InChI=1S/C13H15NO/c1-2-3-7-11-9-10-6-4-5-8-12(10)13(15)14-11/h4-6,8-9H,2-3,7H2,1H3,(H,14,15). The number of unbranched alkanes of at least 4 members (excludes halogenated alkanes) is 1. The molecule has 15 heavy (non-hydrogen) atoms. The first kappa shape index (κ1) is 9.97. The molecule has 0 aliphatic carbocycles. The highest BCUT2D eigenvalue weighted by atomic mass is 16.1. The molecule has 1 aromatic heterocycles. The van der Waals surface area contributed by atoms with Gasteiger partial charge in [0.05, 0.1) is 0 Å². The molecule has 0 aliphatic rings. The van der Waals surface area contributed by atoms with Gasteiger partial charge in [-0.15, -0.1) is 0 Å². The first-order chi connectivity index (χ1) is 7.31. The smallest absolute Gasteiger partial charge is 0.256 e.